The number of carbonyl (C=O) groups is 2. The van der Waals surface area contributed by atoms with Crippen LogP contribution in [0.4, 0.5) is 0 Å². The topological polar surface area (TPSA) is 75.2 Å². The molecule has 0 aliphatic carbocycles. The van der Waals surface area contributed by atoms with Crippen LogP contribution in [0.1, 0.15) is 49.7 Å². The van der Waals surface area contributed by atoms with Crippen molar-refractivity contribution < 1.29 is 9.59 Å². The molecule has 1 atom stereocenters. The zero-order valence-electron chi connectivity index (χ0n) is 16.3. The van der Waals surface area contributed by atoms with Crippen LogP contribution in [0.5, 0.6) is 0 Å². The van der Waals surface area contributed by atoms with Crippen LogP contribution in [-0.2, 0) is 4.79 Å². The summed E-state index contributed by atoms with van der Waals surface area (Å²) in [4.78, 5) is 26.8. The van der Waals surface area contributed by atoms with E-state index in [1.54, 1.807) is 17.0 Å². The molecule has 0 spiro atoms. The summed E-state index contributed by atoms with van der Waals surface area (Å²) in [6, 6.07) is 10.8. The van der Waals surface area contributed by atoms with Crippen molar-refractivity contribution in [1.29, 1.82) is 0 Å². The van der Waals surface area contributed by atoms with Crippen LogP contribution in [0, 0.1) is 5.92 Å². The second kappa shape index (κ2) is 7.86. The molecule has 0 bridgehead atoms. The number of benzene rings is 1. The molecule has 1 N–H and O–H groups in total. The van der Waals surface area contributed by atoms with Crippen molar-refractivity contribution in [2.75, 3.05) is 13.1 Å². The average molecular weight is 366 g/mol. The van der Waals surface area contributed by atoms with E-state index in [0.717, 1.165) is 17.0 Å². The van der Waals surface area contributed by atoms with E-state index in [9.17, 15) is 9.59 Å². The van der Waals surface area contributed by atoms with Gasteiger partial charge in [-0.1, -0.05) is 39.8 Å². The number of hydrogen-bond donors (Lipinski definition) is 1. The first-order chi connectivity index (χ1) is 12.9. The number of amides is 2. The molecule has 1 fully saturated rings. The van der Waals surface area contributed by atoms with Gasteiger partial charge >= 0.3 is 0 Å². The SMILES string of the molecule is CC(C)c1ccc(-c2ccc(C(=O)N3CCNC(=O)C3C(C)C)cc2)nn1. The van der Waals surface area contributed by atoms with Crippen LogP contribution in [0.3, 0.4) is 0 Å². The van der Waals surface area contributed by atoms with E-state index in [4.69, 9.17) is 0 Å². The highest BCUT2D eigenvalue weighted by atomic mass is 16.2. The van der Waals surface area contributed by atoms with E-state index in [0.29, 0.717) is 24.6 Å². The molecule has 0 saturated carbocycles. The Morgan fingerprint density at radius 3 is 2.33 bits per heavy atom. The van der Waals surface area contributed by atoms with Gasteiger partial charge in [0.2, 0.25) is 5.91 Å². The third-order valence-corrected chi connectivity index (χ3v) is 4.85. The monoisotopic (exact) mass is 366 g/mol. The molecule has 1 aliphatic heterocycles. The minimum absolute atomic E-state index is 0.0586. The predicted octanol–water partition coefficient (Wildman–Crippen LogP) is 2.86. The first-order valence-corrected chi connectivity index (χ1v) is 9.41. The van der Waals surface area contributed by atoms with Crippen LogP contribution in [0.2, 0.25) is 0 Å². The number of carbonyl (C=O) groups excluding carboxylic acids is 2. The Morgan fingerprint density at radius 1 is 1.07 bits per heavy atom. The lowest BCUT2D eigenvalue weighted by Crippen LogP contribution is -2.59. The molecule has 1 saturated heterocycles. The number of piperazine rings is 1. The van der Waals surface area contributed by atoms with E-state index in [-0.39, 0.29) is 17.7 Å². The molecule has 1 aromatic carbocycles. The van der Waals surface area contributed by atoms with E-state index < -0.39 is 6.04 Å². The Bertz CT molecular complexity index is 813. The van der Waals surface area contributed by atoms with Crippen LogP contribution in [-0.4, -0.2) is 46.0 Å². The van der Waals surface area contributed by atoms with Gasteiger partial charge in [-0.25, -0.2) is 0 Å². The molecule has 1 aromatic heterocycles. The lowest BCUT2D eigenvalue weighted by Gasteiger charge is -2.37. The summed E-state index contributed by atoms with van der Waals surface area (Å²) in [5, 5.41) is 11.4. The van der Waals surface area contributed by atoms with Gasteiger partial charge < -0.3 is 10.2 Å². The van der Waals surface area contributed by atoms with E-state index in [1.807, 2.05) is 38.1 Å². The first-order valence-electron chi connectivity index (χ1n) is 9.41. The minimum Gasteiger partial charge on any atom is -0.353 e. The Labute approximate surface area is 160 Å². The van der Waals surface area contributed by atoms with Gasteiger partial charge in [0.15, 0.2) is 0 Å². The van der Waals surface area contributed by atoms with Crippen LogP contribution < -0.4 is 5.32 Å². The fourth-order valence-electron chi connectivity index (χ4n) is 3.33. The Morgan fingerprint density at radius 2 is 1.78 bits per heavy atom. The third-order valence-electron chi connectivity index (χ3n) is 4.85. The molecular weight excluding hydrogens is 340 g/mol. The summed E-state index contributed by atoms with van der Waals surface area (Å²) in [5.41, 5.74) is 3.21. The smallest absolute Gasteiger partial charge is 0.254 e. The normalized spacial score (nSPS) is 17.3. The Hall–Kier alpha value is -2.76. The zero-order chi connectivity index (χ0) is 19.6. The molecule has 0 radical (unpaired) electrons. The fourth-order valence-corrected chi connectivity index (χ4v) is 3.33. The van der Waals surface area contributed by atoms with Gasteiger partial charge in [0, 0.05) is 24.2 Å². The second-order valence-corrected chi connectivity index (χ2v) is 7.55. The largest absolute Gasteiger partial charge is 0.353 e. The van der Waals surface area contributed by atoms with Crippen molar-refractivity contribution in [3.63, 3.8) is 0 Å². The molecule has 2 amide bonds. The summed E-state index contributed by atoms with van der Waals surface area (Å²) in [5.74, 6) is 0.198. The maximum absolute atomic E-state index is 12.9. The molecule has 6 heteroatoms. The Kier molecular flexibility index (Phi) is 5.54. The van der Waals surface area contributed by atoms with Gasteiger partial charge in [-0.3, -0.25) is 9.59 Å². The maximum Gasteiger partial charge on any atom is 0.254 e. The highest BCUT2D eigenvalue weighted by molar-refractivity contribution is 5.98. The highest BCUT2D eigenvalue weighted by Gasteiger charge is 2.35. The molecule has 27 heavy (non-hydrogen) atoms. The second-order valence-electron chi connectivity index (χ2n) is 7.55. The van der Waals surface area contributed by atoms with Crippen molar-refractivity contribution in [3.05, 3.63) is 47.7 Å². The minimum atomic E-state index is -0.430. The zero-order valence-corrected chi connectivity index (χ0v) is 16.3. The molecule has 1 aliphatic rings. The fraction of sp³-hybridized carbons (Fsp3) is 0.429. The van der Waals surface area contributed by atoms with Crippen LogP contribution in [0.15, 0.2) is 36.4 Å². The molecular formula is C21H26N4O2. The number of hydrogen-bond acceptors (Lipinski definition) is 4. The number of aromatic nitrogens is 2. The number of rotatable bonds is 4. The van der Waals surface area contributed by atoms with Gasteiger partial charge in [0.05, 0.1) is 11.4 Å². The van der Waals surface area contributed by atoms with E-state index >= 15 is 0 Å². The van der Waals surface area contributed by atoms with Crippen LogP contribution in [0.25, 0.3) is 11.3 Å². The molecule has 2 aromatic rings. The summed E-state index contributed by atoms with van der Waals surface area (Å²) in [6.45, 7) is 9.09. The van der Waals surface area contributed by atoms with Crippen molar-refractivity contribution in [3.8, 4) is 11.3 Å². The first kappa shape index (κ1) is 19.0. The summed E-state index contributed by atoms with van der Waals surface area (Å²) in [6.07, 6.45) is 0. The Balaban J connectivity index is 1.80. The van der Waals surface area contributed by atoms with Crippen molar-refractivity contribution >= 4 is 11.8 Å². The predicted molar refractivity (Wildman–Crippen MR) is 104 cm³/mol. The summed E-state index contributed by atoms with van der Waals surface area (Å²) in [7, 11) is 0. The molecule has 2 heterocycles. The highest BCUT2D eigenvalue weighted by Crippen LogP contribution is 2.21. The average Bonchev–Trinajstić information content (AvgIpc) is 2.67. The standard InChI is InChI=1S/C21H26N4O2/c1-13(2)17-9-10-18(24-23-17)15-5-7-16(8-6-15)21(27)25-12-11-22-20(26)19(25)14(3)4/h5-10,13-14,19H,11-12H2,1-4H3,(H,22,26). The molecule has 142 valence electrons. The quantitative estimate of drug-likeness (QED) is 0.903. The number of nitrogens with zero attached hydrogens (tertiary/aromatic N) is 3. The molecule has 6 nitrogen and oxygen atoms in total. The van der Waals surface area contributed by atoms with Gasteiger partial charge in [-0.15, -0.1) is 0 Å². The number of nitrogens with one attached hydrogen (secondary N) is 1. The van der Waals surface area contributed by atoms with Gasteiger partial charge in [0.1, 0.15) is 6.04 Å². The third kappa shape index (κ3) is 3.99. The molecule has 1 unspecified atom stereocenters. The van der Waals surface area contributed by atoms with Gasteiger partial charge in [0.25, 0.3) is 5.91 Å². The molecule has 3 rings (SSSR count). The lowest BCUT2D eigenvalue weighted by molar-refractivity contribution is -0.129. The maximum atomic E-state index is 12.9. The summed E-state index contributed by atoms with van der Waals surface area (Å²) >= 11 is 0. The summed E-state index contributed by atoms with van der Waals surface area (Å²) < 4.78 is 0. The van der Waals surface area contributed by atoms with Gasteiger partial charge in [-0.05, 0) is 36.1 Å². The van der Waals surface area contributed by atoms with E-state index in [1.165, 1.54) is 0 Å². The van der Waals surface area contributed by atoms with E-state index in [2.05, 4.69) is 29.4 Å². The van der Waals surface area contributed by atoms with Crippen molar-refractivity contribution in [2.24, 2.45) is 5.92 Å². The van der Waals surface area contributed by atoms with Gasteiger partial charge in [-0.2, -0.15) is 10.2 Å². The van der Waals surface area contributed by atoms with Crippen LogP contribution >= 0.6 is 0 Å². The lowest BCUT2D eigenvalue weighted by atomic mass is 9.98. The van der Waals surface area contributed by atoms with Crippen molar-refractivity contribution in [2.45, 2.75) is 39.7 Å². The van der Waals surface area contributed by atoms with Crippen molar-refractivity contribution in [1.82, 2.24) is 20.4 Å².